The first-order valence-electron chi connectivity index (χ1n) is 9.10. The molecule has 3 heterocycles. The van der Waals surface area contributed by atoms with E-state index in [-0.39, 0.29) is 5.91 Å². The molecule has 2 saturated heterocycles. The molecule has 0 unspecified atom stereocenters. The lowest BCUT2D eigenvalue weighted by molar-refractivity contribution is 0.0274. The van der Waals surface area contributed by atoms with Crippen LogP contribution in [-0.4, -0.2) is 57.7 Å². The van der Waals surface area contributed by atoms with E-state index in [0.717, 1.165) is 35.2 Å². The summed E-state index contributed by atoms with van der Waals surface area (Å²) in [6, 6.07) is 6.51. The largest absolute Gasteiger partial charge is 0.335 e. The van der Waals surface area contributed by atoms with Gasteiger partial charge in [0, 0.05) is 37.1 Å². The van der Waals surface area contributed by atoms with Crippen molar-refractivity contribution in [3.8, 4) is 0 Å². The molecule has 2 fully saturated rings. The van der Waals surface area contributed by atoms with E-state index in [1.54, 1.807) is 0 Å². The number of fused-ring (bicyclic) bond motifs is 1. The third kappa shape index (κ3) is 2.71. The van der Waals surface area contributed by atoms with E-state index in [2.05, 4.69) is 10.00 Å². The molecular weight excluding hydrogens is 300 g/mol. The number of benzene rings is 1. The zero-order valence-corrected chi connectivity index (χ0v) is 14.7. The molecule has 5 heteroatoms. The van der Waals surface area contributed by atoms with Crippen LogP contribution in [0.25, 0.3) is 10.9 Å². The predicted octanol–water partition coefficient (Wildman–Crippen LogP) is 2.58. The summed E-state index contributed by atoms with van der Waals surface area (Å²) < 4.78 is 1.87. The number of aryl methyl sites for hydroxylation is 2. The standard InChI is InChI=1S/C19H26N4O/c1-14-17-11-15(7-8-18(17)21(2)20-14)19(24)23-12-16(13-23)22-9-5-3-4-6-10-22/h7-8,11,16H,3-6,9-10,12-13H2,1-2H3. The molecular formula is C19H26N4O. The average Bonchev–Trinajstić information content (AvgIpc) is 2.72. The molecule has 0 spiro atoms. The monoisotopic (exact) mass is 326 g/mol. The van der Waals surface area contributed by atoms with Crippen molar-refractivity contribution in [3.63, 3.8) is 0 Å². The molecule has 1 aromatic heterocycles. The summed E-state index contributed by atoms with van der Waals surface area (Å²) in [5.74, 6) is 0.159. The van der Waals surface area contributed by atoms with E-state index in [0.29, 0.717) is 6.04 Å². The number of likely N-dealkylation sites (tertiary alicyclic amines) is 2. The van der Waals surface area contributed by atoms with E-state index in [1.165, 1.54) is 38.8 Å². The molecule has 0 radical (unpaired) electrons. The van der Waals surface area contributed by atoms with Gasteiger partial charge in [-0.15, -0.1) is 0 Å². The maximum atomic E-state index is 12.8. The van der Waals surface area contributed by atoms with Gasteiger partial charge in [-0.25, -0.2) is 0 Å². The lowest BCUT2D eigenvalue weighted by atomic mass is 10.0. The van der Waals surface area contributed by atoms with Crippen molar-refractivity contribution in [1.29, 1.82) is 0 Å². The molecule has 2 aliphatic heterocycles. The van der Waals surface area contributed by atoms with Crippen molar-refractivity contribution in [1.82, 2.24) is 19.6 Å². The van der Waals surface area contributed by atoms with Crippen molar-refractivity contribution in [3.05, 3.63) is 29.5 Å². The van der Waals surface area contributed by atoms with Gasteiger partial charge in [-0.05, 0) is 51.1 Å². The summed E-state index contributed by atoms with van der Waals surface area (Å²) in [6.07, 6.45) is 5.33. The molecule has 0 saturated carbocycles. The molecule has 5 nitrogen and oxygen atoms in total. The van der Waals surface area contributed by atoms with Crippen molar-refractivity contribution in [2.45, 2.75) is 38.6 Å². The lowest BCUT2D eigenvalue weighted by Gasteiger charge is -2.45. The van der Waals surface area contributed by atoms with Crippen LogP contribution in [-0.2, 0) is 7.05 Å². The molecule has 2 aromatic rings. The molecule has 0 aliphatic carbocycles. The summed E-state index contributed by atoms with van der Waals surface area (Å²) in [5.41, 5.74) is 2.84. The number of carbonyl (C=O) groups is 1. The Kier molecular flexibility index (Phi) is 4.04. The third-order valence-electron chi connectivity index (χ3n) is 5.59. The Morgan fingerprint density at radius 3 is 2.54 bits per heavy atom. The lowest BCUT2D eigenvalue weighted by Crippen LogP contribution is -2.61. The van der Waals surface area contributed by atoms with E-state index in [1.807, 2.05) is 41.8 Å². The van der Waals surface area contributed by atoms with Gasteiger partial charge >= 0.3 is 0 Å². The van der Waals surface area contributed by atoms with Gasteiger partial charge in [0.25, 0.3) is 5.91 Å². The SMILES string of the molecule is Cc1nn(C)c2ccc(C(=O)N3CC(N4CCCCCC4)C3)cc12. The highest BCUT2D eigenvalue weighted by atomic mass is 16.2. The van der Waals surface area contributed by atoms with Crippen LogP contribution in [0.5, 0.6) is 0 Å². The fourth-order valence-corrected chi connectivity index (χ4v) is 4.07. The maximum absolute atomic E-state index is 12.8. The number of rotatable bonds is 2. The summed E-state index contributed by atoms with van der Waals surface area (Å²) in [5, 5.41) is 5.51. The summed E-state index contributed by atoms with van der Waals surface area (Å²) in [4.78, 5) is 17.3. The molecule has 0 N–H and O–H groups in total. The van der Waals surface area contributed by atoms with E-state index < -0.39 is 0 Å². The molecule has 128 valence electrons. The molecule has 24 heavy (non-hydrogen) atoms. The summed E-state index contributed by atoms with van der Waals surface area (Å²) in [6.45, 7) is 6.16. The highest BCUT2D eigenvalue weighted by Gasteiger charge is 2.35. The smallest absolute Gasteiger partial charge is 0.253 e. The van der Waals surface area contributed by atoms with Gasteiger partial charge in [0.15, 0.2) is 0 Å². The van der Waals surface area contributed by atoms with Crippen LogP contribution in [0.3, 0.4) is 0 Å². The predicted molar refractivity (Wildman–Crippen MR) is 95.2 cm³/mol. The second-order valence-corrected chi connectivity index (χ2v) is 7.26. The van der Waals surface area contributed by atoms with Crippen LogP contribution in [0.4, 0.5) is 0 Å². The Balaban J connectivity index is 1.44. The Hall–Kier alpha value is -1.88. The van der Waals surface area contributed by atoms with Crippen molar-refractivity contribution < 1.29 is 4.79 Å². The van der Waals surface area contributed by atoms with Crippen LogP contribution in [0.2, 0.25) is 0 Å². The van der Waals surface area contributed by atoms with Crippen molar-refractivity contribution in [2.24, 2.45) is 7.05 Å². The summed E-state index contributed by atoms with van der Waals surface area (Å²) >= 11 is 0. The number of aromatic nitrogens is 2. The normalized spacial score (nSPS) is 20.2. The maximum Gasteiger partial charge on any atom is 0.253 e. The minimum absolute atomic E-state index is 0.159. The van der Waals surface area contributed by atoms with Crippen LogP contribution in [0.1, 0.15) is 41.7 Å². The zero-order valence-electron chi connectivity index (χ0n) is 14.7. The third-order valence-corrected chi connectivity index (χ3v) is 5.59. The van der Waals surface area contributed by atoms with E-state index in [4.69, 9.17) is 0 Å². The Morgan fingerprint density at radius 2 is 1.83 bits per heavy atom. The van der Waals surface area contributed by atoms with Gasteiger partial charge in [-0.3, -0.25) is 14.4 Å². The topological polar surface area (TPSA) is 41.4 Å². The van der Waals surface area contributed by atoms with Gasteiger partial charge in [0.05, 0.1) is 11.2 Å². The Labute approximate surface area is 143 Å². The number of amides is 1. The number of nitrogens with zero attached hydrogens (tertiary/aromatic N) is 4. The van der Waals surface area contributed by atoms with E-state index in [9.17, 15) is 4.79 Å². The second kappa shape index (κ2) is 6.20. The molecule has 0 atom stereocenters. The van der Waals surface area contributed by atoms with Crippen molar-refractivity contribution in [2.75, 3.05) is 26.2 Å². The van der Waals surface area contributed by atoms with Crippen LogP contribution in [0, 0.1) is 6.92 Å². The molecule has 4 rings (SSSR count). The summed E-state index contributed by atoms with van der Waals surface area (Å²) in [7, 11) is 1.94. The fraction of sp³-hybridized carbons (Fsp3) is 0.579. The quantitative estimate of drug-likeness (QED) is 0.852. The first-order valence-corrected chi connectivity index (χ1v) is 9.10. The van der Waals surface area contributed by atoms with Gasteiger partial charge in [0.1, 0.15) is 0 Å². The van der Waals surface area contributed by atoms with Crippen LogP contribution < -0.4 is 0 Å². The van der Waals surface area contributed by atoms with Crippen LogP contribution in [0.15, 0.2) is 18.2 Å². The number of hydrogen-bond acceptors (Lipinski definition) is 3. The van der Waals surface area contributed by atoms with Gasteiger partial charge in [-0.1, -0.05) is 12.8 Å². The fourth-order valence-electron chi connectivity index (χ4n) is 4.07. The highest BCUT2D eigenvalue weighted by molar-refractivity contribution is 5.99. The highest BCUT2D eigenvalue weighted by Crippen LogP contribution is 2.24. The number of hydrogen-bond donors (Lipinski definition) is 0. The second-order valence-electron chi connectivity index (χ2n) is 7.26. The molecule has 1 aromatic carbocycles. The first kappa shape index (κ1) is 15.6. The van der Waals surface area contributed by atoms with Gasteiger partial charge in [0.2, 0.25) is 0 Å². The first-order chi connectivity index (χ1) is 11.6. The molecule has 2 aliphatic rings. The molecule has 1 amide bonds. The van der Waals surface area contributed by atoms with Gasteiger partial charge < -0.3 is 4.90 Å². The van der Waals surface area contributed by atoms with Crippen molar-refractivity contribution >= 4 is 16.8 Å². The molecule has 0 bridgehead atoms. The average molecular weight is 326 g/mol. The zero-order chi connectivity index (χ0) is 16.7. The Bertz CT molecular complexity index is 752. The Morgan fingerprint density at radius 1 is 1.12 bits per heavy atom. The minimum atomic E-state index is 0.159. The number of carbonyl (C=O) groups excluding carboxylic acids is 1. The van der Waals surface area contributed by atoms with E-state index >= 15 is 0 Å². The van der Waals surface area contributed by atoms with Crippen LogP contribution >= 0.6 is 0 Å². The van der Waals surface area contributed by atoms with Gasteiger partial charge in [-0.2, -0.15) is 5.10 Å². The minimum Gasteiger partial charge on any atom is -0.335 e.